The Kier molecular flexibility index (Phi) is 9.36. The number of rotatable bonds is 11. The lowest BCUT2D eigenvalue weighted by Crippen LogP contribution is -2.41. The summed E-state index contributed by atoms with van der Waals surface area (Å²) in [6.07, 6.45) is 2.68. The van der Waals surface area contributed by atoms with E-state index in [1.165, 1.54) is 0 Å². The van der Waals surface area contributed by atoms with Gasteiger partial charge in [-0.05, 0) is 31.7 Å². The molecule has 0 aliphatic rings. The minimum Gasteiger partial charge on any atom is -0.480 e. The number of carboxylic acids is 1. The van der Waals surface area contributed by atoms with E-state index in [0.29, 0.717) is 18.9 Å². The summed E-state index contributed by atoms with van der Waals surface area (Å²) in [5, 5.41) is 11.4. The quantitative estimate of drug-likeness (QED) is 0.423. The SMILES string of the molecule is CCC(CCN)CCC(=O)N[C@@H](CCC(N)=O)C(=O)O. The Morgan fingerprint density at radius 2 is 1.80 bits per heavy atom. The molecule has 0 aliphatic heterocycles. The maximum absolute atomic E-state index is 11.7. The Hall–Kier alpha value is -1.63. The largest absolute Gasteiger partial charge is 0.480 e. The Morgan fingerprint density at radius 1 is 1.15 bits per heavy atom. The molecular formula is C13H25N3O4. The van der Waals surface area contributed by atoms with Crippen molar-refractivity contribution in [2.45, 2.75) is 51.5 Å². The van der Waals surface area contributed by atoms with Gasteiger partial charge in [-0.3, -0.25) is 9.59 Å². The predicted octanol–water partition coefficient (Wildman–Crippen LogP) is -0.0235. The van der Waals surface area contributed by atoms with Crippen LogP contribution in [-0.4, -0.2) is 35.5 Å². The fraction of sp³-hybridized carbons (Fsp3) is 0.769. The van der Waals surface area contributed by atoms with Gasteiger partial charge in [-0.25, -0.2) is 4.79 Å². The summed E-state index contributed by atoms with van der Waals surface area (Å²) in [4.78, 5) is 33.3. The molecule has 2 atom stereocenters. The van der Waals surface area contributed by atoms with Crippen molar-refractivity contribution < 1.29 is 19.5 Å². The van der Waals surface area contributed by atoms with Crippen molar-refractivity contribution in [3.05, 3.63) is 0 Å². The first kappa shape index (κ1) is 18.4. The fourth-order valence-corrected chi connectivity index (χ4v) is 1.93. The molecule has 0 saturated carbocycles. The van der Waals surface area contributed by atoms with Gasteiger partial charge < -0.3 is 21.9 Å². The van der Waals surface area contributed by atoms with Crippen molar-refractivity contribution in [3.63, 3.8) is 0 Å². The molecule has 20 heavy (non-hydrogen) atoms. The number of primary amides is 1. The lowest BCUT2D eigenvalue weighted by atomic mass is 9.96. The average molecular weight is 287 g/mol. The molecule has 7 nitrogen and oxygen atoms in total. The zero-order valence-electron chi connectivity index (χ0n) is 11.9. The minimum absolute atomic E-state index is 0.0103. The number of carboxylic acid groups (broad SMARTS) is 1. The molecule has 0 heterocycles. The Labute approximate surface area is 119 Å². The zero-order chi connectivity index (χ0) is 15.5. The molecule has 0 fully saturated rings. The van der Waals surface area contributed by atoms with Crippen LogP contribution in [0.25, 0.3) is 0 Å². The molecular weight excluding hydrogens is 262 g/mol. The summed E-state index contributed by atoms with van der Waals surface area (Å²) in [7, 11) is 0. The first-order valence-electron chi connectivity index (χ1n) is 6.91. The van der Waals surface area contributed by atoms with Crippen LogP contribution in [0.1, 0.15) is 45.4 Å². The van der Waals surface area contributed by atoms with Crippen LogP contribution in [0.15, 0.2) is 0 Å². The number of amides is 2. The van der Waals surface area contributed by atoms with Gasteiger partial charge in [0.2, 0.25) is 11.8 Å². The lowest BCUT2D eigenvalue weighted by molar-refractivity contribution is -0.142. The lowest BCUT2D eigenvalue weighted by Gasteiger charge is -2.16. The Balaban J connectivity index is 4.18. The van der Waals surface area contributed by atoms with Crippen LogP contribution < -0.4 is 16.8 Å². The number of aliphatic carboxylic acids is 1. The Morgan fingerprint density at radius 3 is 2.25 bits per heavy atom. The topological polar surface area (TPSA) is 136 Å². The van der Waals surface area contributed by atoms with E-state index in [9.17, 15) is 14.4 Å². The zero-order valence-corrected chi connectivity index (χ0v) is 11.9. The van der Waals surface area contributed by atoms with Crippen LogP contribution in [0.5, 0.6) is 0 Å². The van der Waals surface area contributed by atoms with Crippen molar-refractivity contribution in [1.29, 1.82) is 0 Å². The predicted molar refractivity (Wildman–Crippen MR) is 74.7 cm³/mol. The van der Waals surface area contributed by atoms with Crippen molar-refractivity contribution in [1.82, 2.24) is 5.32 Å². The highest BCUT2D eigenvalue weighted by Crippen LogP contribution is 2.14. The second kappa shape index (κ2) is 10.2. The highest BCUT2D eigenvalue weighted by atomic mass is 16.4. The number of hydrogen-bond donors (Lipinski definition) is 4. The van der Waals surface area contributed by atoms with Crippen molar-refractivity contribution in [2.24, 2.45) is 17.4 Å². The summed E-state index contributed by atoms with van der Waals surface area (Å²) < 4.78 is 0. The average Bonchev–Trinajstić information content (AvgIpc) is 2.38. The van der Waals surface area contributed by atoms with E-state index in [2.05, 4.69) is 5.32 Å². The number of carbonyl (C=O) groups is 3. The summed E-state index contributed by atoms with van der Waals surface area (Å²) in [5.74, 6) is -1.69. The van der Waals surface area contributed by atoms with Crippen molar-refractivity contribution >= 4 is 17.8 Å². The normalized spacial score (nSPS) is 13.5. The van der Waals surface area contributed by atoms with Gasteiger partial charge in [0.25, 0.3) is 0 Å². The van der Waals surface area contributed by atoms with E-state index >= 15 is 0 Å². The van der Waals surface area contributed by atoms with E-state index in [4.69, 9.17) is 16.6 Å². The second-order valence-corrected chi connectivity index (χ2v) is 4.85. The van der Waals surface area contributed by atoms with Gasteiger partial charge in [0.1, 0.15) is 6.04 Å². The maximum Gasteiger partial charge on any atom is 0.326 e. The molecule has 0 aromatic heterocycles. The van der Waals surface area contributed by atoms with Gasteiger partial charge in [0.15, 0.2) is 0 Å². The fourth-order valence-electron chi connectivity index (χ4n) is 1.93. The minimum atomic E-state index is -1.16. The highest BCUT2D eigenvalue weighted by Gasteiger charge is 2.20. The summed E-state index contributed by atoms with van der Waals surface area (Å²) in [6, 6.07) is -1.07. The van der Waals surface area contributed by atoms with Crippen LogP contribution >= 0.6 is 0 Å². The van der Waals surface area contributed by atoms with E-state index < -0.39 is 17.9 Å². The molecule has 116 valence electrons. The van der Waals surface area contributed by atoms with Gasteiger partial charge in [-0.2, -0.15) is 0 Å². The third kappa shape index (κ3) is 8.47. The number of hydrogen-bond acceptors (Lipinski definition) is 4. The molecule has 6 N–H and O–H groups in total. The molecule has 0 aromatic rings. The number of nitrogens with two attached hydrogens (primary N) is 2. The van der Waals surface area contributed by atoms with Gasteiger partial charge in [0.05, 0.1) is 0 Å². The van der Waals surface area contributed by atoms with E-state index in [0.717, 1.165) is 12.8 Å². The molecule has 2 amide bonds. The Bertz CT molecular complexity index is 334. The van der Waals surface area contributed by atoms with Crippen LogP contribution in [0.2, 0.25) is 0 Å². The molecule has 0 aromatic carbocycles. The van der Waals surface area contributed by atoms with Crippen LogP contribution in [0.4, 0.5) is 0 Å². The first-order chi connectivity index (χ1) is 9.40. The molecule has 0 spiro atoms. The van der Waals surface area contributed by atoms with E-state index in [1.54, 1.807) is 0 Å². The number of carbonyl (C=O) groups excluding carboxylic acids is 2. The van der Waals surface area contributed by atoms with Crippen LogP contribution in [0.3, 0.4) is 0 Å². The molecule has 0 rings (SSSR count). The third-order valence-electron chi connectivity index (χ3n) is 3.24. The first-order valence-corrected chi connectivity index (χ1v) is 6.91. The van der Waals surface area contributed by atoms with Gasteiger partial charge in [0, 0.05) is 12.8 Å². The molecule has 0 bridgehead atoms. The molecule has 0 aliphatic carbocycles. The van der Waals surface area contributed by atoms with E-state index in [-0.39, 0.29) is 25.2 Å². The summed E-state index contributed by atoms with van der Waals surface area (Å²) >= 11 is 0. The van der Waals surface area contributed by atoms with Gasteiger partial charge in [-0.1, -0.05) is 13.3 Å². The highest BCUT2D eigenvalue weighted by molar-refractivity contribution is 5.84. The molecule has 0 saturated heterocycles. The molecule has 1 unspecified atom stereocenters. The monoisotopic (exact) mass is 287 g/mol. The van der Waals surface area contributed by atoms with Crippen molar-refractivity contribution in [2.75, 3.05) is 6.54 Å². The van der Waals surface area contributed by atoms with Crippen LogP contribution in [0, 0.1) is 5.92 Å². The maximum atomic E-state index is 11.7. The molecule has 0 radical (unpaired) electrons. The van der Waals surface area contributed by atoms with Gasteiger partial charge in [-0.15, -0.1) is 0 Å². The second-order valence-electron chi connectivity index (χ2n) is 4.85. The van der Waals surface area contributed by atoms with E-state index in [1.807, 2.05) is 6.92 Å². The summed E-state index contributed by atoms with van der Waals surface area (Å²) in [5.41, 5.74) is 10.4. The third-order valence-corrected chi connectivity index (χ3v) is 3.24. The smallest absolute Gasteiger partial charge is 0.326 e. The van der Waals surface area contributed by atoms with Crippen LogP contribution in [-0.2, 0) is 14.4 Å². The number of nitrogens with one attached hydrogen (secondary N) is 1. The standard InChI is InChI=1S/C13H25N3O4/c1-2-9(7-8-14)3-6-12(18)16-10(13(19)20)4-5-11(15)17/h9-10H,2-8,14H2,1H3,(H2,15,17)(H,16,18)(H,19,20)/t9?,10-/m0/s1. The van der Waals surface area contributed by atoms with Crippen molar-refractivity contribution in [3.8, 4) is 0 Å². The van der Waals surface area contributed by atoms with Gasteiger partial charge >= 0.3 is 5.97 Å². The summed E-state index contributed by atoms with van der Waals surface area (Å²) in [6.45, 7) is 2.61. The molecule has 7 heteroatoms.